The van der Waals surface area contributed by atoms with Gasteiger partial charge in [0, 0.05) is 7.11 Å². The number of aliphatic hydroxyl groups is 1. The van der Waals surface area contributed by atoms with Crippen molar-refractivity contribution in [3.8, 4) is 0 Å². The molecule has 0 unspecified atom stereocenters. The lowest BCUT2D eigenvalue weighted by atomic mass is 9.93. The van der Waals surface area contributed by atoms with Crippen molar-refractivity contribution in [3.05, 3.63) is 71.8 Å². The third-order valence-electron chi connectivity index (χ3n) is 13.8. The van der Waals surface area contributed by atoms with Gasteiger partial charge in [-0.25, -0.2) is 0 Å². The van der Waals surface area contributed by atoms with Crippen molar-refractivity contribution in [1.82, 2.24) is 10.6 Å². The quantitative estimate of drug-likeness (QED) is 0.0456. The van der Waals surface area contributed by atoms with E-state index in [2.05, 4.69) is 58.3 Å². The summed E-state index contributed by atoms with van der Waals surface area (Å²) in [5.41, 5.74) is 2.10. The summed E-state index contributed by atoms with van der Waals surface area (Å²) in [6, 6.07) is 18.3. The number of carbonyl (C=O) groups excluding carboxylic acids is 2. The van der Waals surface area contributed by atoms with Crippen molar-refractivity contribution in [3.63, 3.8) is 0 Å². The Bertz CT molecular complexity index is 1540. The highest BCUT2D eigenvalue weighted by atomic mass is 28.4. The van der Waals surface area contributed by atoms with E-state index in [1.165, 1.54) is 97.0 Å². The Morgan fingerprint density at radius 2 is 1.03 bits per heavy atom. The highest BCUT2D eigenvalue weighted by Gasteiger charge is 2.48. The lowest BCUT2D eigenvalue weighted by molar-refractivity contribution is -0.240. The van der Waals surface area contributed by atoms with Crippen LogP contribution in [0, 0.1) is 0 Å². The molecule has 66 heavy (non-hydrogen) atoms. The van der Waals surface area contributed by atoms with Gasteiger partial charge in [0.05, 0.1) is 50.9 Å². The minimum absolute atomic E-state index is 0.0613. The van der Waals surface area contributed by atoms with E-state index < -0.39 is 38.9 Å². The van der Waals surface area contributed by atoms with Gasteiger partial charge in [-0.1, -0.05) is 211 Å². The maximum Gasteiger partial charge on any atom is 0.223 e. The van der Waals surface area contributed by atoms with E-state index in [-0.39, 0.29) is 48.5 Å². The number of unbranched alkanes of at least 4 members (excludes halogenated alkanes) is 16. The molecule has 1 heterocycles. The first-order valence-corrected chi connectivity index (χ1v) is 29.1. The second-order valence-electron chi connectivity index (χ2n) is 20.5. The fourth-order valence-electron chi connectivity index (χ4n) is 8.46. The molecule has 1 aliphatic rings. The SMILES string of the molecule is CCCCCCCCCCC[C@H](CC(=O)N[C@H]1[C@H](OC)O[C@H](CO[Si](C)(C)C(C)(C)C)[C@@H](O)[C@@H]1NC(=O)C[C@@H](CCCCCCCCCCC)OCc1ccccc1)OCc1ccccc1. The van der Waals surface area contributed by atoms with Gasteiger partial charge in [-0.2, -0.15) is 0 Å². The van der Waals surface area contributed by atoms with Crippen LogP contribution in [0.15, 0.2) is 60.7 Å². The average Bonchev–Trinajstić information content (AvgIpc) is 3.29. The van der Waals surface area contributed by atoms with E-state index in [4.69, 9.17) is 23.4 Å². The van der Waals surface area contributed by atoms with Crippen LogP contribution in [-0.2, 0) is 46.2 Å². The summed E-state index contributed by atoms with van der Waals surface area (Å²) in [5, 5.41) is 18.4. The topological polar surface area (TPSA) is 125 Å². The third-order valence-corrected chi connectivity index (χ3v) is 18.3. The van der Waals surface area contributed by atoms with Crippen LogP contribution in [0.4, 0.5) is 0 Å². The van der Waals surface area contributed by atoms with E-state index >= 15 is 0 Å². The van der Waals surface area contributed by atoms with E-state index in [0.29, 0.717) is 13.2 Å². The summed E-state index contributed by atoms with van der Waals surface area (Å²) < 4.78 is 31.8. The Hall–Kier alpha value is -2.64. The molecule has 2 amide bonds. The Morgan fingerprint density at radius 1 is 0.636 bits per heavy atom. The summed E-state index contributed by atoms with van der Waals surface area (Å²) >= 11 is 0. The van der Waals surface area contributed by atoms with Gasteiger partial charge in [0.25, 0.3) is 0 Å². The number of hydrogen-bond donors (Lipinski definition) is 3. The van der Waals surface area contributed by atoms with Crippen LogP contribution in [-0.4, -0.2) is 81.7 Å². The highest BCUT2D eigenvalue weighted by molar-refractivity contribution is 6.74. The van der Waals surface area contributed by atoms with Crippen LogP contribution in [0.3, 0.4) is 0 Å². The Balaban J connectivity index is 1.76. The van der Waals surface area contributed by atoms with Gasteiger partial charge in [0.15, 0.2) is 14.6 Å². The Morgan fingerprint density at radius 3 is 1.42 bits per heavy atom. The van der Waals surface area contributed by atoms with Gasteiger partial charge in [0.1, 0.15) is 18.2 Å². The fourth-order valence-corrected chi connectivity index (χ4v) is 9.48. The van der Waals surface area contributed by atoms with Crippen LogP contribution in [0.5, 0.6) is 0 Å². The van der Waals surface area contributed by atoms with Gasteiger partial charge in [-0.05, 0) is 42.1 Å². The third kappa shape index (κ3) is 23.1. The summed E-state index contributed by atoms with van der Waals surface area (Å²) in [6.45, 7) is 16.3. The van der Waals surface area contributed by atoms with E-state index in [1.54, 1.807) is 0 Å². The van der Waals surface area contributed by atoms with Crippen LogP contribution in [0.2, 0.25) is 18.1 Å². The van der Waals surface area contributed by atoms with E-state index in [9.17, 15) is 14.7 Å². The van der Waals surface area contributed by atoms with Gasteiger partial charge in [-0.3, -0.25) is 9.59 Å². The first-order chi connectivity index (χ1) is 31.8. The monoisotopic (exact) mass is 939 g/mol. The molecule has 10 nitrogen and oxygen atoms in total. The van der Waals surface area contributed by atoms with Crippen molar-refractivity contribution in [2.24, 2.45) is 0 Å². The smallest absolute Gasteiger partial charge is 0.223 e. The molecule has 11 heteroatoms. The maximum atomic E-state index is 14.2. The first-order valence-electron chi connectivity index (χ1n) is 26.2. The van der Waals surface area contributed by atoms with Gasteiger partial charge in [0.2, 0.25) is 11.8 Å². The minimum Gasteiger partial charge on any atom is -0.414 e. The number of benzene rings is 2. The Labute approximate surface area is 402 Å². The second-order valence-corrected chi connectivity index (χ2v) is 25.3. The summed E-state index contributed by atoms with van der Waals surface area (Å²) in [5.74, 6) is -0.515. The average molecular weight is 939 g/mol. The molecule has 0 radical (unpaired) electrons. The molecule has 0 bridgehead atoms. The van der Waals surface area contributed by atoms with Crippen molar-refractivity contribution >= 4 is 20.1 Å². The minimum atomic E-state index is -2.23. The van der Waals surface area contributed by atoms with Crippen LogP contribution < -0.4 is 10.6 Å². The lowest BCUT2D eigenvalue weighted by Gasteiger charge is -2.46. The molecule has 3 rings (SSSR count). The summed E-state index contributed by atoms with van der Waals surface area (Å²) in [6.07, 6.45) is 20.0. The molecule has 0 saturated carbocycles. The number of hydrogen-bond acceptors (Lipinski definition) is 8. The van der Waals surface area contributed by atoms with Gasteiger partial charge < -0.3 is 39.1 Å². The molecule has 1 saturated heterocycles. The standard InChI is InChI=1S/C55H94N2O8Si/c1-9-11-13-15-17-19-21-23-31-37-46(62-41-44-33-27-25-28-34-44)39-49(58)56-51-52(54(61-6)65-48(53(51)60)43-64-66(7,8)55(3,4)5)57-50(59)40-47(63-42-45-35-29-26-30-36-45)38-32-24-22-20-18-16-14-12-10-2/h25-30,33-36,46-48,51-54,60H,9-24,31-32,37-43H2,1-8H3,(H,56,58)(H,57,59)/t46-,47-,48-,51-,52-,53-,54-/m1/s1. The normalized spacial score (nSPS) is 19.9. The predicted octanol–water partition coefficient (Wildman–Crippen LogP) is 12.5. The number of amides is 2. The number of aliphatic hydroxyl groups excluding tert-OH is 1. The van der Waals surface area contributed by atoms with Crippen LogP contribution in [0.25, 0.3) is 0 Å². The lowest BCUT2D eigenvalue weighted by Crippen LogP contribution is -2.70. The number of rotatable bonds is 36. The molecule has 2 aromatic rings. The van der Waals surface area contributed by atoms with E-state index in [0.717, 1.165) is 49.7 Å². The molecule has 1 aliphatic heterocycles. The summed E-state index contributed by atoms with van der Waals surface area (Å²) in [4.78, 5) is 28.4. The molecular weight excluding hydrogens is 845 g/mol. The highest BCUT2D eigenvalue weighted by Crippen LogP contribution is 2.37. The van der Waals surface area contributed by atoms with Crippen LogP contribution in [0.1, 0.15) is 187 Å². The first kappa shape index (κ1) is 57.7. The van der Waals surface area contributed by atoms with Crippen molar-refractivity contribution in [2.75, 3.05) is 13.7 Å². The fraction of sp³-hybridized carbons (Fsp3) is 0.745. The molecule has 2 aromatic carbocycles. The number of methoxy groups -OCH3 is 1. The number of carbonyl (C=O) groups is 2. The van der Waals surface area contributed by atoms with Crippen LogP contribution >= 0.6 is 0 Å². The van der Waals surface area contributed by atoms with Crippen molar-refractivity contribution in [2.45, 2.75) is 250 Å². The van der Waals surface area contributed by atoms with Gasteiger partial charge in [-0.15, -0.1) is 0 Å². The maximum absolute atomic E-state index is 14.2. The molecule has 0 spiro atoms. The van der Waals surface area contributed by atoms with Crippen molar-refractivity contribution < 1.29 is 38.1 Å². The molecule has 0 aromatic heterocycles. The predicted molar refractivity (Wildman–Crippen MR) is 272 cm³/mol. The second kappa shape index (κ2) is 33.0. The Kier molecular flexibility index (Phi) is 28.8. The van der Waals surface area contributed by atoms with Crippen molar-refractivity contribution in [1.29, 1.82) is 0 Å². The summed E-state index contributed by atoms with van der Waals surface area (Å²) in [7, 11) is -0.705. The zero-order valence-electron chi connectivity index (χ0n) is 42.8. The molecule has 7 atom stereocenters. The zero-order chi connectivity index (χ0) is 48.0. The molecule has 0 aliphatic carbocycles. The molecule has 1 fully saturated rings. The number of nitrogens with one attached hydrogen (secondary N) is 2. The van der Waals surface area contributed by atoms with Gasteiger partial charge >= 0.3 is 0 Å². The molecule has 3 N–H and O–H groups in total. The molecular formula is C55H94N2O8Si. The largest absolute Gasteiger partial charge is 0.414 e. The molecule has 376 valence electrons. The van der Waals surface area contributed by atoms with E-state index in [1.807, 2.05) is 60.7 Å². The zero-order valence-corrected chi connectivity index (χ0v) is 43.8. The number of ether oxygens (including phenoxy) is 4.